The normalized spacial score (nSPS) is 9.95. The van der Waals surface area contributed by atoms with Crippen LogP contribution in [0.2, 0.25) is 0 Å². The van der Waals surface area contributed by atoms with E-state index in [0.29, 0.717) is 5.75 Å². The van der Waals surface area contributed by atoms with Crippen LogP contribution in [-0.2, 0) is 9.59 Å². The lowest BCUT2D eigenvalue weighted by Crippen LogP contribution is -2.36. The number of aliphatic carboxylic acids is 1. The van der Waals surface area contributed by atoms with Crippen LogP contribution < -0.4 is 0 Å². The summed E-state index contributed by atoms with van der Waals surface area (Å²) in [6.45, 7) is 3.78. The van der Waals surface area contributed by atoms with Crippen molar-refractivity contribution in [1.82, 2.24) is 4.90 Å². The highest BCUT2D eigenvalue weighted by molar-refractivity contribution is 7.99. The molecule has 0 aliphatic carbocycles. The fourth-order valence-corrected chi connectivity index (χ4v) is 2.66. The second-order valence-corrected chi connectivity index (χ2v) is 5.86. The first-order valence-corrected chi connectivity index (χ1v) is 7.55. The molecule has 0 saturated carbocycles. The number of aryl methyl sites for hydroxylation is 2. The number of benzene rings is 1. The number of carbonyl (C=O) groups is 2. The fraction of sp³-hybridized carbons (Fsp3) is 0.375. The van der Waals surface area contributed by atoms with Crippen molar-refractivity contribution in [2.45, 2.75) is 25.2 Å². The van der Waals surface area contributed by atoms with E-state index in [2.05, 4.69) is 25.0 Å². The van der Waals surface area contributed by atoms with Gasteiger partial charge in [-0.1, -0.05) is 12.0 Å². The molecule has 5 heteroatoms. The first-order chi connectivity index (χ1) is 9.93. The fourth-order valence-electron chi connectivity index (χ4n) is 1.72. The standard InChI is InChI=1S/C16H19NO3S/c1-4-8-17(11-16(19)20)15(18)7-9-21-14-6-5-12(2)13(3)10-14/h1,5-6,10H,7-9,11H2,2-3H3,(H,19,20). The van der Waals surface area contributed by atoms with Crippen molar-refractivity contribution in [3.8, 4) is 12.3 Å². The lowest BCUT2D eigenvalue weighted by atomic mass is 10.1. The lowest BCUT2D eigenvalue weighted by Gasteiger charge is -2.17. The minimum Gasteiger partial charge on any atom is -0.480 e. The van der Waals surface area contributed by atoms with Crippen LogP contribution in [0.4, 0.5) is 0 Å². The monoisotopic (exact) mass is 305 g/mol. The average Bonchev–Trinajstić information content (AvgIpc) is 2.41. The summed E-state index contributed by atoms with van der Waals surface area (Å²) in [5.41, 5.74) is 2.45. The molecule has 112 valence electrons. The molecule has 0 spiro atoms. The van der Waals surface area contributed by atoms with Gasteiger partial charge in [0.05, 0.1) is 6.54 Å². The van der Waals surface area contributed by atoms with E-state index in [-0.39, 0.29) is 25.4 Å². The van der Waals surface area contributed by atoms with Crippen molar-refractivity contribution in [1.29, 1.82) is 0 Å². The van der Waals surface area contributed by atoms with Gasteiger partial charge in [-0.2, -0.15) is 0 Å². The smallest absolute Gasteiger partial charge is 0.323 e. The van der Waals surface area contributed by atoms with E-state index in [1.165, 1.54) is 16.0 Å². The predicted molar refractivity (Wildman–Crippen MR) is 84.3 cm³/mol. The quantitative estimate of drug-likeness (QED) is 0.620. The molecule has 0 aromatic heterocycles. The van der Waals surface area contributed by atoms with Crippen molar-refractivity contribution in [3.05, 3.63) is 29.3 Å². The Bertz CT molecular complexity index is 563. The van der Waals surface area contributed by atoms with Crippen LogP contribution in [0.15, 0.2) is 23.1 Å². The van der Waals surface area contributed by atoms with Gasteiger partial charge in [-0.15, -0.1) is 18.2 Å². The van der Waals surface area contributed by atoms with Crippen molar-refractivity contribution in [3.63, 3.8) is 0 Å². The van der Waals surface area contributed by atoms with E-state index < -0.39 is 5.97 Å². The number of amides is 1. The maximum atomic E-state index is 11.9. The predicted octanol–water partition coefficient (Wildman–Crippen LogP) is 2.33. The Labute approximate surface area is 129 Å². The molecule has 0 atom stereocenters. The number of thioether (sulfide) groups is 1. The summed E-state index contributed by atoms with van der Waals surface area (Å²) in [6, 6.07) is 6.16. The molecule has 0 heterocycles. The number of hydrogen-bond acceptors (Lipinski definition) is 3. The third kappa shape index (κ3) is 5.92. The second kappa shape index (κ2) is 8.38. The van der Waals surface area contributed by atoms with Crippen molar-refractivity contribution in [2.24, 2.45) is 0 Å². The zero-order valence-corrected chi connectivity index (χ0v) is 13.1. The summed E-state index contributed by atoms with van der Waals surface area (Å²) in [6.07, 6.45) is 5.42. The van der Waals surface area contributed by atoms with Gasteiger partial charge < -0.3 is 10.0 Å². The zero-order valence-electron chi connectivity index (χ0n) is 12.3. The number of terminal acetylenes is 1. The maximum Gasteiger partial charge on any atom is 0.323 e. The van der Waals surface area contributed by atoms with Gasteiger partial charge >= 0.3 is 5.97 Å². The molecule has 0 unspecified atom stereocenters. The highest BCUT2D eigenvalue weighted by Crippen LogP contribution is 2.21. The Kier molecular flexibility index (Phi) is 6.83. The molecule has 1 aromatic rings. The van der Waals surface area contributed by atoms with E-state index in [1.54, 1.807) is 11.8 Å². The number of rotatable bonds is 7. The van der Waals surface area contributed by atoms with E-state index in [0.717, 1.165) is 4.90 Å². The molecule has 4 nitrogen and oxygen atoms in total. The third-order valence-corrected chi connectivity index (χ3v) is 4.02. The van der Waals surface area contributed by atoms with Gasteiger partial charge in [-0.3, -0.25) is 9.59 Å². The highest BCUT2D eigenvalue weighted by atomic mass is 32.2. The first kappa shape index (κ1) is 17.1. The van der Waals surface area contributed by atoms with Gasteiger partial charge in [-0.25, -0.2) is 0 Å². The van der Waals surface area contributed by atoms with E-state index >= 15 is 0 Å². The molecule has 1 amide bonds. The van der Waals surface area contributed by atoms with Crippen LogP contribution in [-0.4, -0.2) is 40.7 Å². The zero-order chi connectivity index (χ0) is 15.8. The Morgan fingerprint density at radius 2 is 2.05 bits per heavy atom. The summed E-state index contributed by atoms with van der Waals surface area (Å²) in [5, 5.41) is 8.75. The molecule has 0 aliphatic heterocycles. The molecule has 0 bridgehead atoms. The Balaban J connectivity index is 2.49. The SMILES string of the molecule is C#CCN(CC(=O)O)C(=O)CCSc1ccc(C)c(C)c1. The number of carbonyl (C=O) groups excluding carboxylic acids is 1. The van der Waals surface area contributed by atoms with Gasteiger partial charge in [0, 0.05) is 17.1 Å². The largest absolute Gasteiger partial charge is 0.480 e. The van der Waals surface area contributed by atoms with Crippen molar-refractivity contribution < 1.29 is 14.7 Å². The molecule has 1 rings (SSSR count). The Morgan fingerprint density at radius 1 is 1.33 bits per heavy atom. The van der Waals surface area contributed by atoms with Crippen LogP contribution in [0.5, 0.6) is 0 Å². The van der Waals surface area contributed by atoms with Crippen LogP contribution >= 0.6 is 11.8 Å². The molecule has 0 aliphatic rings. The Morgan fingerprint density at radius 3 is 2.62 bits per heavy atom. The van der Waals surface area contributed by atoms with E-state index in [9.17, 15) is 9.59 Å². The molecule has 1 N–H and O–H groups in total. The summed E-state index contributed by atoms with van der Waals surface area (Å²) < 4.78 is 0. The molecule has 0 radical (unpaired) electrons. The van der Waals surface area contributed by atoms with Gasteiger partial charge in [0.25, 0.3) is 0 Å². The summed E-state index contributed by atoms with van der Waals surface area (Å²) in [7, 11) is 0. The minimum atomic E-state index is -1.06. The topological polar surface area (TPSA) is 57.6 Å². The molecular formula is C16H19NO3S. The van der Waals surface area contributed by atoms with Crippen LogP contribution in [0.3, 0.4) is 0 Å². The molecular weight excluding hydrogens is 286 g/mol. The summed E-state index contributed by atoms with van der Waals surface area (Å²) in [5.74, 6) is 1.62. The number of carboxylic acids is 1. The average molecular weight is 305 g/mol. The van der Waals surface area contributed by atoms with Gasteiger partial charge in [0.1, 0.15) is 6.54 Å². The van der Waals surface area contributed by atoms with Gasteiger partial charge in [-0.05, 0) is 37.1 Å². The lowest BCUT2D eigenvalue weighted by molar-refractivity contribution is -0.143. The van der Waals surface area contributed by atoms with Crippen LogP contribution in [0.1, 0.15) is 17.5 Å². The maximum absolute atomic E-state index is 11.9. The summed E-state index contributed by atoms with van der Waals surface area (Å²) >= 11 is 1.58. The first-order valence-electron chi connectivity index (χ1n) is 6.57. The van der Waals surface area contributed by atoms with E-state index in [1.807, 2.05) is 13.0 Å². The summed E-state index contributed by atoms with van der Waals surface area (Å²) in [4.78, 5) is 24.9. The van der Waals surface area contributed by atoms with E-state index in [4.69, 9.17) is 11.5 Å². The number of nitrogens with zero attached hydrogens (tertiary/aromatic N) is 1. The Hall–Kier alpha value is -1.93. The molecule has 0 fully saturated rings. The van der Waals surface area contributed by atoms with Gasteiger partial charge in [0.15, 0.2) is 0 Å². The number of hydrogen-bond donors (Lipinski definition) is 1. The van der Waals surface area contributed by atoms with Crippen molar-refractivity contribution in [2.75, 3.05) is 18.8 Å². The molecule has 21 heavy (non-hydrogen) atoms. The van der Waals surface area contributed by atoms with Gasteiger partial charge in [0.2, 0.25) is 5.91 Å². The van der Waals surface area contributed by atoms with Crippen LogP contribution in [0.25, 0.3) is 0 Å². The molecule has 0 saturated heterocycles. The second-order valence-electron chi connectivity index (χ2n) is 4.69. The third-order valence-electron chi connectivity index (χ3n) is 3.02. The van der Waals surface area contributed by atoms with Crippen molar-refractivity contribution >= 4 is 23.6 Å². The van der Waals surface area contributed by atoms with Crippen LogP contribution in [0, 0.1) is 26.2 Å². The number of carboxylic acid groups (broad SMARTS) is 1. The molecule has 1 aromatic carbocycles. The minimum absolute atomic E-state index is 0.0272. The highest BCUT2D eigenvalue weighted by Gasteiger charge is 2.15.